The molecule has 1 aromatic carbocycles. The third kappa shape index (κ3) is 5.79. The van der Waals surface area contributed by atoms with Crippen molar-refractivity contribution >= 4 is 46.7 Å². The predicted molar refractivity (Wildman–Crippen MR) is 94.6 cm³/mol. The molecule has 0 bridgehead atoms. The van der Waals surface area contributed by atoms with Crippen molar-refractivity contribution in [1.82, 2.24) is 5.32 Å². The lowest BCUT2D eigenvalue weighted by molar-refractivity contribution is -0.147. The summed E-state index contributed by atoms with van der Waals surface area (Å²) in [5, 5.41) is 2.80. The zero-order valence-electron chi connectivity index (χ0n) is 14.1. The number of hydrogen-bond acceptors (Lipinski definition) is 6. The van der Waals surface area contributed by atoms with Crippen LogP contribution in [0.5, 0.6) is 0 Å². The maximum absolute atomic E-state index is 12.0. The summed E-state index contributed by atoms with van der Waals surface area (Å²) >= 11 is 11.7. The fraction of sp³-hybridized carbons (Fsp3) is 0.438. The second kappa shape index (κ2) is 9.48. The SMILES string of the molecule is CC[C@@H](C)[C@@H](NC(=O)COC(=O)c1cc(Cl)cc(Cl)c1N)C(=O)OC. The van der Waals surface area contributed by atoms with Crippen molar-refractivity contribution in [2.24, 2.45) is 5.92 Å². The largest absolute Gasteiger partial charge is 0.467 e. The lowest BCUT2D eigenvalue weighted by atomic mass is 9.99. The average Bonchev–Trinajstić information content (AvgIpc) is 2.59. The second-order valence-corrected chi connectivity index (χ2v) is 6.22. The van der Waals surface area contributed by atoms with Gasteiger partial charge in [-0.3, -0.25) is 4.79 Å². The lowest BCUT2D eigenvalue weighted by Crippen LogP contribution is -2.47. The average molecular weight is 391 g/mol. The van der Waals surface area contributed by atoms with Gasteiger partial charge in [-0.1, -0.05) is 43.5 Å². The number of anilines is 1. The fourth-order valence-electron chi connectivity index (χ4n) is 1.97. The van der Waals surface area contributed by atoms with Gasteiger partial charge in [-0.2, -0.15) is 0 Å². The summed E-state index contributed by atoms with van der Waals surface area (Å²) in [6.45, 7) is 3.08. The molecule has 0 heterocycles. The summed E-state index contributed by atoms with van der Waals surface area (Å²) in [6, 6.07) is 1.85. The van der Waals surface area contributed by atoms with E-state index in [4.69, 9.17) is 33.7 Å². The van der Waals surface area contributed by atoms with E-state index >= 15 is 0 Å². The first kappa shape index (κ1) is 21.1. The number of carbonyl (C=O) groups excluding carboxylic acids is 3. The molecule has 0 aromatic heterocycles. The third-order valence-corrected chi connectivity index (χ3v) is 4.16. The normalized spacial score (nSPS) is 12.8. The minimum atomic E-state index is -0.852. The van der Waals surface area contributed by atoms with Crippen LogP contribution in [-0.2, 0) is 19.1 Å². The molecule has 1 amide bonds. The van der Waals surface area contributed by atoms with Gasteiger partial charge >= 0.3 is 11.9 Å². The number of benzene rings is 1. The molecule has 0 aliphatic heterocycles. The molecule has 0 fully saturated rings. The van der Waals surface area contributed by atoms with Gasteiger partial charge in [0.2, 0.25) is 0 Å². The molecule has 0 aliphatic carbocycles. The van der Waals surface area contributed by atoms with Crippen molar-refractivity contribution in [3.8, 4) is 0 Å². The van der Waals surface area contributed by atoms with Gasteiger partial charge in [-0.15, -0.1) is 0 Å². The van der Waals surface area contributed by atoms with Gasteiger partial charge in [0.25, 0.3) is 5.91 Å². The second-order valence-electron chi connectivity index (χ2n) is 5.38. The maximum Gasteiger partial charge on any atom is 0.340 e. The smallest absolute Gasteiger partial charge is 0.340 e. The van der Waals surface area contributed by atoms with E-state index < -0.39 is 30.5 Å². The molecule has 1 aromatic rings. The van der Waals surface area contributed by atoms with Gasteiger partial charge in [-0.25, -0.2) is 9.59 Å². The summed E-state index contributed by atoms with van der Waals surface area (Å²) < 4.78 is 9.57. The van der Waals surface area contributed by atoms with Crippen molar-refractivity contribution in [3.63, 3.8) is 0 Å². The van der Waals surface area contributed by atoms with Gasteiger partial charge in [0.05, 0.1) is 23.4 Å². The van der Waals surface area contributed by atoms with Gasteiger partial charge in [0.1, 0.15) is 6.04 Å². The van der Waals surface area contributed by atoms with E-state index in [1.807, 2.05) is 6.92 Å². The molecular weight excluding hydrogens is 371 g/mol. The standard InChI is InChI=1S/C16H20Cl2N2O5/c1-4-8(2)14(16(23)24-3)20-12(21)7-25-15(22)10-5-9(17)6-11(18)13(10)19/h5-6,8,14H,4,7,19H2,1-3H3,(H,20,21)/t8-,14-/m1/s1. The van der Waals surface area contributed by atoms with Crippen LogP contribution in [0.25, 0.3) is 0 Å². The number of halogens is 2. The number of methoxy groups -OCH3 is 1. The van der Waals surface area contributed by atoms with Gasteiger partial charge in [-0.05, 0) is 18.1 Å². The number of amides is 1. The first-order chi connectivity index (χ1) is 11.7. The Hall–Kier alpha value is -1.99. The van der Waals surface area contributed by atoms with Crippen LogP contribution in [0.3, 0.4) is 0 Å². The molecule has 0 unspecified atom stereocenters. The zero-order chi connectivity index (χ0) is 19.1. The zero-order valence-corrected chi connectivity index (χ0v) is 15.6. The van der Waals surface area contributed by atoms with E-state index in [0.717, 1.165) is 0 Å². The quantitative estimate of drug-likeness (QED) is 0.546. The summed E-state index contributed by atoms with van der Waals surface area (Å²) in [4.78, 5) is 35.8. The van der Waals surface area contributed by atoms with Crippen LogP contribution < -0.4 is 11.1 Å². The molecule has 1 rings (SSSR count). The van der Waals surface area contributed by atoms with E-state index in [1.54, 1.807) is 6.92 Å². The van der Waals surface area contributed by atoms with E-state index in [9.17, 15) is 14.4 Å². The Bertz CT molecular complexity index is 666. The van der Waals surface area contributed by atoms with Crippen LogP contribution in [-0.4, -0.2) is 37.6 Å². The minimum absolute atomic E-state index is 0.00326. The molecule has 0 radical (unpaired) electrons. The monoisotopic (exact) mass is 390 g/mol. The molecule has 0 saturated carbocycles. The number of nitrogen functional groups attached to an aromatic ring is 1. The van der Waals surface area contributed by atoms with E-state index in [-0.39, 0.29) is 27.2 Å². The summed E-state index contributed by atoms with van der Waals surface area (Å²) in [7, 11) is 1.23. The van der Waals surface area contributed by atoms with Gasteiger partial charge in [0, 0.05) is 5.02 Å². The molecule has 9 heteroatoms. The highest BCUT2D eigenvalue weighted by molar-refractivity contribution is 6.37. The molecule has 7 nitrogen and oxygen atoms in total. The molecule has 0 spiro atoms. The molecule has 3 N–H and O–H groups in total. The Labute approximate surface area is 155 Å². The van der Waals surface area contributed by atoms with Crippen LogP contribution in [0.15, 0.2) is 12.1 Å². The number of esters is 2. The minimum Gasteiger partial charge on any atom is -0.467 e. The lowest BCUT2D eigenvalue weighted by Gasteiger charge is -2.21. The van der Waals surface area contributed by atoms with Crippen LogP contribution in [0.1, 0.15) is 30.6 Å². The van der Waals surface area contributed by atoms with Crippen LogP contribution in [0.2, 0.25) is 10.0 Å². The maximum atomic E-state index is 12.0. The fourth-order valence-corrected chi connectivity index (χ4v) is 2.47. The van der Waals surface area contributed by atoms with Crippen molar-refractivity contribution in [3.05, 3.63) is 27.7 Å². The Morgan fingerprint density at radius 1 is 1.28 bits per heavy atom. The van der Waals surface area contributed by atoms with E-state index in [0.29, 0.717) is 6.42 Å². The molecule has 0 aliphatic rings. The molecule has 138 valence electrons. The van der Waals surface area contributed by atoms with E-state index in [2.05, 4.69) is 10.1 Å². The number of nitrogens with two attached hydrogens (primary N) is 1. The third-order valence-electron chi connectivity index (χ3n) is 3.63. The summed E-state index contributed by atoms with van der Waals surface area (Å²) in [6.07, 6.45) is 0.650. The van der Waals surface area contributed by atoms with Crippen LogP contribution in [0, 0.1) is 5.92 Å². The first-order valence-electron chi connectivity index (χ1n) is 7.50. The molecule has 25 heavy (non-hydrogen) atoms. The Morgan fingerprint density at radius 2 is 1.92 bits per heavy atom. The summed E-state index contributed by atoms with van der Waals surface area (Å²) in [5.74, 6) is -2.21. The van der Waals surface area contributed by atoms with Crippen LogP contribution >= 0.6 is 23.2 Å². The highest BCUT2D eigenvalue weighted by atomic mass is 35.5. The Balaban J connectivity index is 2.72. The molecule has 0 saturated heterocycles. The topological polar surface area (TPSA) is 108 Å². The molecular formula is C16H20Cl2N2O5. The van der Waals surface area contributed by atoms with Crippen molar-refractivity contribution < 1.29 is 23.9 Å². The van der Waals surface area contributed by atoms with Crippen molar-refractivity contribution in [2.75, 3.05) is 19.5 Å². The van der Waals surface area contributed by atoms with Crippen molar-refractivity contribution in [1.29, 1.82) is 0 Å². The van der Waals surface area contributed by atoms with Gasteiger partial charge in [0.15, 0.2) is 6.61 Å². The Morgan fingerprint density at radius 3 is 2.48 bits per heavy atom. The summed E-state index contributed by atoms with van der Waals surface area (Å²) in [5.41, 5.74) is 5.66. The number of carbonyl (C=O) groups is 3. The number of hydrogen-bond donors (Lipinski definition) is 2. The van der Waals surface area contributed by atoms with Crippen molar-refractivity contribution in [2.45, 2.75) is 26.3 Å². The number of ether oxygens (including phenoxy) is 2. The van der Waals surface area contributed by atoms with E-state index in [1.165, 1.54) is 19.2 Å². The van der Waals surface area contributed by atoms with Crippen LogP contribution in [0.4, 0.5) is 5.69 Å². The first-order valence-corrected chi connectivity index (χ1v) is 8.25. The Kier molecular flexibility index (Phi) is 7.99. The predicted octanol–water partition coefficient (Wildman–Crippen LogP) is 2.44. The highest BCUT2D eigenvalue weighted by Crippen LogP contribution is 2.28. The molecule has 2 atom stereocenters. The highest BCUT2D eigenvalue weighted by Gasteiger charge is 2.27. The number of nitrogens with one attached hydrogen (secondary N) is 1. The number of rotatable bonds is 7. The van der Waals surface area contributed by atoms with Gasteiger partial charge < -0.3 is 20.5 Å².